The third-order valence-corrected chi connectivity index (χ3v) is 7.85. The molecule has 9 heteroatoms. The maximum atomic E-state index is 12.7. The van der Waals surface area contributed by atoms with Gasteiger partial charge in [0.25, 0.3) is 0 Å². The molecule has 0 fully saturated rings. The molecule has 1 atom stereocenters. The number of amides is 1. The standard InChI is InChI=1S/C20H19N5O2S2/c1-14-19(29(3,27)23-13-21)28-20(24-14)25(2)18(26)12-15-7-9-16(10-8-15)17-6-4-5-11-22-17/h4-11H,12H2,1-3H3. The first-order chi connectivity index (χ1) is 13.8. The second kappa shape index (κ2) is 8.51. The number of carbonyl (C=O) groups excluding carboxylic acids is 1. The van der Waals surface area contributed by atoms with Crippen LogP contribution >= 0.6 is 11.3 Å². The molecule has 0 spiro atoms. The first kappa shape index (κ1) is 20.6. The lowest BCUT2D eigenvalue weighted by molar-refractivity contribution is -0.117. The highest BCUT2D eigenvalue weighted by molar-refractivity contribution is 7.95. The van der Waals surface area contributed by atoms with Crippen molar-refractivity contribution < 1.29 is 9.00 Å². The van der Waals surface area contributed by atoms with Crippen LogP contribution in [0.15, 0.2) is 57.2 Å². The fourth-order valence-electron chi connectivity index (χ4n) is 2.71. The number of thiazole rings is 1. The minimum atomic E-state index is -2.84. The maximum absolute atomic E-state index is 12.7. The van der Waals surface area contributed by atoms with Gasteiger partial charge >= 0.3 is 0 Å². The molecule has 29 heavy (non-hydrogen) atoms. The summed E-state index contributed by atoms with van der Waals surface area (Å²) in [7, 11) is -1.21. The Morgan fingerprint density at radius 2 is 2.00 bits per heavy atom. The largest absolute Gasteiger partial charge is 0.291 e. The Labute approximate surface area is 173 Å². The molecule has 0 aliphatic heterocycles. The molecular formula is C20H19N5O2S2. The monoisotopic (exact) mass is 425 g/mol. The van der Waals surface area contributed by atoms with E-state index in [0.29, 0.717) is 15.0 Å². The summed E-state index contributed by atoms with van der Waals surface area (Å²) in [4.78, 5) is 22.8. The quantitative estimate of drug-likeness (QED) is 0.581. The van der Waals surface area contributed by atoms with Gasteiger partial charge in [-0.1, -0.05) is 41.7 Å². The van der Waals surface area contributed by atoms with E-state index in [2.05, 4.69) is 14.3 Å². The van der Waals surface area contributed by atoms with Crippen LogP contribution in [0.1, 0.15) is 11.3 Å². The van der Waals surface area contributed by atoms with Crippen molar-refractivity contribution in [3.63, 3.8) is 0 Å². The number of aromatic nitrogens is 2. The molecule has 1 aromatic carbocycles. The van der Waals surface area contributed by atoms with Gasteiger partial charge in [0.05, 0.1) is 27.5 Å². The molecule has 1 unspecified atom stereocenters. The summed E-state index contributed by atoms with van der Waals surface area (Å²) in [6.45, 7) is 1.69. The number of pyridine rings is 1. The zero-order valence-electron chi connectivity index (χ0n) is 16.2. The zero-order chi connectivity index (χ0) is 21.0. The molecule has 1 amide bonds. The zero-order valence-corrected chi connectivity index (χ0v) is 17.8. The van der Waals surface area contributed by atoms with Gasteiger partial charge in [-0.3, -0.25) is 14.7 Å². The van der Waals surface area contributed by atoms with Gasteiger partial charge in [0.1, 0.15) is 4.21 Å². The Kier molecular flexibility index (Phi) is 6.06. The Morgan fingerprint density at radius 1 is 1.28 bits per heavy atom. The van der Waals surface area contributed by atoms with Gasteiger partial charge in [0.2, 0.25) is 12.1 Å². The van der Waals surface area contributed by atoms with E-state index in [1.807, 2.05) is 42.5 Å². The second-order valence-corrected chi connectivity index (χ2v) is 9.84. The van der Waals surface area contributed by atoms with Crippen molar-refractivity contribution in [2.45, 2.75) is 17.6 Å². The van der Waals surface area contributed by atoms with Gasteiger partial charge in [-0.05, 0) is 24.6 Å². The summed E-state index contributed by atoms with van der Waals surface area (Å²) in [5.74, 6) is -0.143. The van der Waals surface area contributed by atoms with Crippen molar-refractivity contribution in [2.75, 3.05) is 18.2 Å². The van der Waals surface area contributed by atoms with E-state index < -0.39 is 9.73 Å². The average Bonchev–Trinajstić information content (AvgIpc) is 3.11. The lowest BCUT2D eigenvalue weighted by atomic mass is 10.1. The van der Waals surface area contributed by atoms with E-state index >= 15 is 0 Å². The molecule has 148 valence electrons. The smallest absolute Gasteiger partial charge is 0.232 e. The molecular weight excluding hydrogens is 406 g/mol. The van der Waals surface area contributed by atoms with Crippen LogP contribution in [0, 0.1) is 18.4 Å². The second-order valence-electron chi connectivity index (χ2n) is 6.40. The highest BCUT2D eigenvalue weighted by Gasteiger charge is 2.21. The van der Waals surface area contributed by atoms with Crippen molar-refractivity contribution >= 4 is 32.1 Å². The number of nitriles is 1. The fourth-order valence-corrected chi connectivity index (χ4v) is 5.28. The molecule has 0 saturated heterocycles. The number of nitrogens with zero attached hydrogens (tertiary/aromatic N) is 5. The number of anilines is 1. The van der Waals surface area contributed by atoms with Crippen LogP contribution in [0.25, 0.3) is 11.3 Å². The lowest BCUT2D eigenvalue weighted by Crippen LogP contribution is -2.27. The van der Waals surface area contributed by atoms with E-state index in [1.54, 1.807) is 26.4 Å². The molecule has 2 heterocycles. The average molecular weight is 426 g/mol. The summed E-state index contributed by atoms with van der Waals surface area (Å²) in [6, 6.07) is 13.4. The predicted octanol–water partition coefficient (Wildman–Crippen LogP) is 3.66. The van der Waals surface area contributed by atoms with Crippen LogP contribution in [0.4, 0.5) is 5.13 Å². The number of carbonyl (C=O) groups is 1. The van der Waals surface area contributed by atoms with Gasteiger partial charge in [-0.2, -0.15) is 5.26 Å². The summed E-state index contributed by atoms with van der Waals surface area (Å²) < 4.78 is 16.4. The van der Waals surface area contributed by atoms with Crippen LogP contribution in [-0.2, 0) is 20.9 Å². The van der Waals surface area contributed by atoms with E-state index in [0.717, 1.165) is 28.2 Å². The van der Waals surface area contributed by atoms with Gasteiger partial charge in [-0.15, -0.1) is 4.36 Å². The Bertz CT molecular complexity index is 1190. The summed E-state index contributed by atoms with van der Waals surface area (Å²) in [5, 5.41) is 9.16. The molecule has 3 aromatic rings. The van der Waals surface area contributed by atoms with Crippen molar-refractivity contribution in [1.29, 1.82) is 5.26 Å². The van der Waals surface area contributed by atoms with Crippen LogP contribution in [0.3, 0.4) is 0 Å². The SMILES string of the molecule is Cc1nc(N(C)C(=O)Cc2ccc(-c3ccccn3)cc2)sc1S(C)(=O)=NC#N. The molecule has 0 N–H and O–H groups in total. The topological polar surface area (TPSA) is 99.3 Å². The van der Waals surface area contributed by atoms with Crippen LogP contribution in [0.5, 0.6) is 0 Å². The van der Waals surface area contributed by atoms with Gasteiger partial charge < -0.3 is 0 Å². The van der Waals surface area contributed by atoms with Crippen LogP contribution in [-0.4, -0.2) is 33.4 Å². The summed E-state index contributed by atoms with van der Waals surface area (Å²) in [6.07, 6.45) is 4.93. The first-order valence-corrected chi connectivity index (χ1v) is 11.4. The van der Waals surface area contributed by atoms with E-state index in [-0.39, 0.29) is 12.3 Å². The van der Waals surface area contributed by atoms with Crippen molar-refractivity contribution in [2.24, 2.45) is 4.36 Å². The molecule has 7 nitrogen and oxygen atoms in total. The normalized spacial score (nSPS) is 12.6. The number of hydrogen-bond acceptors (Lipinski definition) is 7. The molecule has 0 radical (unpaired) electrons. The predicted molar refractivity (Wildman–Crippen MR) is 114 cm³/mol. The minimum Gasteiger partial charge on any atom is -0.291 e. The van der Waals surface area contributed by atoms with Gasteiger partial charge in [-0.25, -0.2) is 9.19 Å². The third-order valence-electron chi connectivity index (χ3n) is 4.23. The molecule has 2 aromatic heterocycles. The van der Waals surface area contributed by atoms with E-state index in [4.69, 9.17) is 5.26 Å². The molecule has 0 saturated carbocycles. The van der Waals surface area contributed by atoms with Crippen LogP contribution in [0.2, 0.25) is 0 Å². The van der Waals surface area contributed by atoms with Gasteiger partial charge in [0.15, 0.2) is 5.13 Å². The fraction of sp³-hybridized carbons (Fsp3) is 0.200. The number of likely N-dealkylation sites (N-methyl/N-ethyl adjacent to an activating group) is 1. The molecule has 0 aliphatic rings. The van der Waals surface area contributed by atoms with E-state index in [9.17, 15) is 9.00 Å². The summed E-state index contributed by atoms with van der Waals surface area (Å²) in [5.41, 5.74) is 3.23. The van der Waals surface area contributed by atoms with Gasteiger partial charge in [0, 0.05) is 25.1 Å². The van der Waals surface area contributed by atoms with Crippen molar-refractivity contribution in [3.05, 3.63) is 59.9 Å². The number of hydrogen-bond donors (Lipinski definition) is 0. The van der Waals surface area contributed by atoms with E-state index in [1.165, 1.54) is 11.2 Å². The first-order valence-electron chi connectivity index (χ1n) is 8.66. The Hall–Kier alpha value is -3.09. The Morgan fingerprint density at radius 3 is 2.62 bits per heavy atom. The minimum absolute atomic E-state index is 0.143. The molecule has 3 rings (SSSR count). The van der Waals surface area contributed by atoms with Crippen LogP contribution < -0.4 is 4.90 Å². The Balaban J connectivity index is 1.76. The maximum Gasteiger partial charge on any atom is 0.232 e. The lowest BCUT2D eigenvalue weighted by Gasteiger charge is -2.14. The molecule has 0 bridgehead atoms. The molecule has 0 aliphatic carbocycles. The number of rotatable bonds is 5. The van der Waals surface area contributed by atoms with Crippen molar-refractivity contribution in [1.82, 2.24) is 9.97 Å². The number of aryl methyl sites for hydroxylation is 1. The third kappa shape index (κ3) is 4.67. The van der Waals surface area contributed by atoms with Crippen molar-refractivity contribution in [3.8, 4) is 17.5 Å². The number of benzene rings is 1. The summed E-state index contributed by atoms with van der Waals surface area (Å²) >= 11 is 1.12. The highest BCUT2D eigenvalue weighted by Crippen LogP contribution is 2.30. The highest BCUT2D eigenvalue weighted by atomic mass is 32.2.